The summed E-state index contributed by atoms with van der Waals surface area (Å²) in [5.41, 5.74) is 1.56. The van der Waals surface area contributed by atoms with Crippen molar-refractivity contribution in [3.05, 3.63) is 88.9 Å². The summed E-state index contributed by atoms with van der Waals surface area (Å²) in [5.74, 6) is 0.614. The molecule has 6 nitrogen and oxygen atoms in total. The van der Waals surface area contributed by atoms with Crippen molar-refractivity contribution >= 4 is 16.9 Å². The van der Waals surface area contributed by atoms with E-state index in [1.165, 1.54) is 6.07 Å². The van der Waals surface area contributed by atoms with Crippen LogP contribution in [0, 0.1) is 0 Å². The zero-order valence-electron chi connectivity index (χ0n) is 15.6. The fourth-order valence-corrected chi connectivity index (χ4v) is 2.93. The molecule has 0 spiro atoms. The highest BCUT2D eigenvalue weighted by atomic mass is 16.5. The molecule has 0 saturated heterocycles. The Morgan fingerprint density at radius 1 is 1.00 bits per heavy atom. The molecule has 6 heteroatoms. The number of hydrogen-bond donors (Lipinski definition) is 0. The van der Waals surface area contributed by atoms with Crippen LogP contribution in [0.5, 0.6) is 11.5 Å². The Kier molecular flexibility index (Phi) is 5.07. The predicted octanol–water partition coefficient (Wildman–Crippen LogP) is 4.01. The summed E-state index contributed by atoms with van der Waals surface area (Å²) in [6, 6.07) is 19.1. The molecule has 2 aromatic heterocycles. The second-order valence-corrected chi connectivity index (χ2v) is 6.36. The lowest BCUT2D eigenvalue weighted by atomic mass is 10.1. The molecule has 2 heterocycles. The number of hydrogen-bond acceptors (Lipinski definition) is 6. The van der Waals surface area contributed by atoms with Crippen LogP contribution in [0.25, 0.3) is 22.2 Å². The number of aromatic nitrogens is 1. The molecule has 0 saturated carbocycles. The van der Waals surface area contributed by atoms with E-state index in [4.69, 9.17) is 13.9 Å². The van der Waals surface area contributed by atoms with Crippen molar-refractivity contribution in [2.24, 2.45) is 0 Å². The van der Waals surface area contributed by atoms with Gasteiger partial charge in [0.15, 0.2) is 0 Å². The molecule has 0 bridgehead atoms. The molecule has 4 rings (SSSR count). The Labute approximate surface area is 166 Å². The molecule has 144 valence electrons. The second-order valence-electron chi connectivity index (χ2n) is 6.36. The molecule has 0 fully saturated rings. The van der Waals surface area contributed by atoms with Gasteiger partial charge < -0.3 is 13.9 Å². The Balaban J connectivity index is 1.54. The summed E-state index contributed by atoms with van der Waals surface area (Å²) >= 11 is 0. The number of nitrogens with zero attached hydrogens (tertiary/aromatic N) is 1. The maximum atomic E-state index is 12.3. The van der Waals surface area contributed by atoms with E-state index in [1.807, 2.05) is 0 Å². The molecule has 0 unspecified atom stereocenters. The van der Waals surface area contributed by atoms with Crippen LogP contribution in [-0.4, -0.2) is 18.1 Å². The van der Waals surface area contributed by atoms with Crippen LogP contribution < -0.4 is 15.1 Å². The highest BCUT2D eigenvalue weighted by Gasteiger charge is 2.11. The summed E-state index contributed by atoms with van der Waals surface area (Å²) in [5, 5.41) is 0.709. The number of ether oxygens (including phenoxy) is 2. The lowest BCUT2D eigenvalue weighted by Gasteiger charge is -2.07. The van der Waals surface area contributed by atoms with Crippen LogP contribution in [0.3, 0.4) is 0 Å². The van der Waals surface area contributed by atoms with E-state index < -0.39 is 11.6 Å². The van der Waals surface area contributed by atoms with Gasteiger partial charge in [-0.25, -0.2) is 4.79 Å². The molecule has 0 aliphatic carbocycles. The van der Waals surface area contributed by atoms with Gasteiger partial charge in [0.2, 0.25) is 0 Å². The van der Waals surface area contributed by atoms with Crippen molar-refractivity contribution in [2.75, 3.05) is 7.11 Å². The number of pyridine rings is 1. The van der Waals surface area contributed by atoms with E-state index in [-0.39, 0.29) is 6.42 Å². The molecule has 0 amide bonds. The topological polar surface area (TPSA) is 78.6 Å². The summed E-state index contributed by atoms with van der Waals surface area (Å²) < 4.78 is 15.9. The van der Waals surface area contributed by atoms with Gasteiger partial charge in [-0.15, -0.1) is 0 Å². The third-order valence-corrected chi connectivity index (χ3v) is 4.39. The van der Waals surface area contributed by atoms with Crippen LogP contribution in [0.2, 0.25) is 0 Å². The maximum absolute atomic E-state index is 12.3. The highest BCUT2D eigenvalue weighted by molar-refractivity contribution is 5.83. The zero-order valence-corrected chi connectivity index (χ0v) is 15.6. The SMILES string of the molecule is COc1ccc(CC(=O)Oc2ccc3cc(-c4ccccn4)c(=O)oc3c2)cc1. The maximum Gasteiger partial charge on any atom is 0.345 e. The molecule has 0 radical (unpaired) electrons. The van der Waals surface area contributed by atoms with Crippen LogP contribution in [0.4, 0.5) is 0 Å². The summed E-state index contributed by atoms with van der Waals surface area (Å²) in [6.45, 7) is 0. The van der Waals surface area contributed by atoms with Crippen molar-refractivity contribution in [3.8, 4) is 22.8 Å². The Morgan fingerprint density at radius 3 is 2.52 bits per heavy atom. The Bertz CT molecular complexity index is 1210. The van der Waals surface area contributed by atoms with Crippen LogP contribution in [0.15, 0.2) is 82.1 Å². The third-order valence-electron chi connectivity index (χ3n) is 4.39. The molecule has 4 aromatic rings. The minimum Gasteiger partial charge on any atom is -0.497 e. The van der Waals surface area contributed by atoms with E-state index >= 15 is 0 Å². The van der Waals surface area contributed by atoms with Gasteiger partial charge in [-0.3, -0.25) is 9.78 Å². The Morgan fingerprint density at radius 2 is 1.79 bits per heavy atom. The highest BCUT2D eigenvalue weighted by Crippen LogP contribution is 2.24. The normalized spacial score (nSPS) is 10.7. The van der Waals surface area contributed by atoms with Crippen LogP contribution in [0.1, 0.15) is 5.56 Å². The first kappa shape index (κ1) is 18.4. The molecular formula is C23H17NO5. The smallest absolute Gasteiger partial charge is 0.345 e. The third kappa shape index (κ3) is 4.16. The van der Waals surface area contributed by atoms with Crippen LogP contribution >= 0.6 is 0 Å². The number of carbonyl (C=O) groups excluding carboxylic acids is 1. The standard InChI is InChI=1S/C23H17NO5/c1-27-17-8-5-15(6-9-17)12-22(25)28-18-10-7-16-13-19(20-4-2-3-11-24-20)23(26)29-21(16)14-18/h2-11,13-14H,12H2,1H3. The largest absolute Gasteiger partial charge is 0.497 e. The number of methoxy groups -OCH3 is 1. The van der Waals surface area contributed by atoms with Gasteiger partial charge in [0, 0.05) is 17.6 Å². The fraction of sp³-hybridized carbons (Fsp3) is 0.0870. The van der Waals surface area contributed by atoms with Gasteiger partial charge in [0.05, 0.1) is 24.8 Å². The predicted molar refractivity (Wildman–Crippen MR) is 108 cm³/mol. The Hall–Kier alpha value is -3.93. The van der Waals surface area contributed by atoms with Crippen molar-refractivity contribution in [1.29, 1.82) is 0 Å². The molecule has 2 aromatic carbocycles. The monoisotopic (exact) mass is 387 g/mol. The number of esters is 1. The van der Waals surface area contributed by atoms with Gasteiger partial charge in [0.25, 0.3) is 0 Å². The lowest BCUT2D eigenvalue weighted by Crippen LogP contribution is -2.11. The van der Waals surface area contributed by atoms with Gasteiger partial charge in [-0.2, -0.15) is 0 Å². The van der Waals surface area contributed by atoms with E-state index in [0.717, 1.165) is 11.3 Å². The fourth-order valence-electron chi connectivity index (χ4n) is 2.93. The quantitative estimate of drug-likeness (QED) is 0.292. The van der Waals surface area contributed by atoms with Crippen LogP contribution in [-0.2, 0) is 11.2 Å². The first-order valence-electron chi connectivity index (χ1n) is 8.95. The summed E-state index contributed by atoms with van der Waals surface area (Å²) in [6.07, 6.45) is 1.73. The van der Waals surface area contributed by atoms with E-state index in [1.54, 1.807) is 74.0 Å². The number of fused-ring (bicyclic) bond motifs is 1. The lowest BCUT2D eigenvalue weighted by molar-refractivity contribution is -0.133. The van der Waals surface area contributed by atoms with E-state index in [2.05, 4.69) is 4.98 Å². The van der Waals surface area contributed by atoms with Crippen molar-refractivity contribution in [2.45, 2.75) is 6.42 Å². The molecule has 0 atom stereocenters. The van der Waals surface area contributed by atoms with Gasteiger partial charge in [-0.05, 0) is 48.0 Å². The zero-order chi connectivity index (χ0) is 20.2. The van der Waals surface area contributed by atoms with Crippen molar-refractivity contribution < 1.29 is 18.7 Å². The van der Waals surface area contributed by atoms with Crippen molar-refractivity contribution in [3.63, 3.8) is 0 Å². The number of benzene rings is 2. The second kappa shape index (κ2) is 7.98. The summed E-state index contributed by atoms with van der Waals surface area (Å²) in [4.78, 5) is 28.7. The number of rotatable bonds is 5. The minimum absolute atomic E-state index is 0.116. The first-order chi connectivity index (χ1) is 14.1. The molecule has 29 heavy (non-hydrogen) atoms. The average Bonchev–Trinajstić information content (AvgIpc) is 2.74. The summed E-state index contributed by atoms with van der Waals surface area (Å²) in [7, 11) is 1.58. The van der Waals surface area contributed by atoms with E-state index in [9.17, 15) is 9.59 Å². The van der Waals surface area contributed by atoms with E-state index in [0.29, 0.717) is 28.0 Å². The molecule has 0 N–H and O–H groups in total. The molecular weight excluding hydrogens is 370 g/mol. The number of carbonyl (C=O) groups is 1. The van der Waals surface area contributed by atoms with Gasteiger partial charge >= 0.3 is 11.6 Å². The molecule has 0 aliphatic heterocycles. The first-order valence-corrected chi connectivity index (χ1v) is 8.95. The minimum atomic E-state index is -0.502. The van der Waals surface area contributed by atoms with Gasteiger partial charge in [-0.1, -0.05) is 18.2 Å². The van der Waals surface area contributed by atoms with Crippen molar-refractivity contribution in [1.82, 2.24) is 4.98 Å². The van der Waals surface area contributed by atoms with Gasteiger partial charge in [0.1, 0.15) is 17.1 Å². The average molecular weight is 387 g/mol. The molecule has 0 aliphatic rings.